The van der Waals surface area contributed by atoms with E-state index < -0.39 is 5.41 Å². The molecule has 0 aliphatic rings. The Balaban J connectivity index is 2.04. The average molecular weight is 284 g/mol. The number of carbonyl (C=O) groups is 1. The number of rotatable bonds is 5. The number of esters is 1. The van der Waals surface area contributed by atoms with E-state index in [1.54, 1.807) is 6.20 Å². The smallest absolute Gasteiger partial charge is 0.315 e. The number of methoxy groups -OCH3 is 1. The van der Waals surface area contributed by atoms with Crippen molar-refractivity contribution in [3.05, 3.63) is 59.9 Å². The van der Waals surface area contributed by atoms with Crippen LogP contribution >= 0.6 is 0 Å². The SMILES string of the molecule is COC(=O)C(C)(C)c1ccc(NCc2cccnc2)cc1. The van der Waals surface area contributed by atoms with Crippen LogP contribution in [-0.4, -0.2) is 18.1 Å². The monoisotopic (exact) mass is 284 g/mol. The standard InChI is InChI=1S/C17H20N2O2/c1-17(2,16(20)21-3)14-6-8-15(9-7-14)19-12-13-5-4-10-18-11-13/h4-11,19H,12H2,1-3H3. The first-order chi connectivity index (χ1) is 10.0. The Kier molecular flexibility index (Phi) is 4.58. The summed E-state index contributed by atoms with van der Waals surface area (Å²) in [6.07, 6.45) is 3.59. The van der Waals surface area contributed by atoms with E-state index in [-0.39, 0.29) is 5.97 Å². The number of hydrogen-bond donors (Lipinski definition) is 1. The van der Waals surface area contributed by atoms with Crippen LogP contribution in [0, 0.1) is 0 Å². The van der Waals surface area contributed by atoms with Gasteiger partial charge in [-0.2, -0.15) is 0 Å². The highest BCUT2D eigenvalue weighted by Crippen LogP contribution is 2.26. The lowest BCUT2D eigenvalue weighted by atomic mass is 9.85. The highest BCUT2D eigenvalue weighted by Gasteiger charge is 2.30. The molecule has 1 heterocycles. The highest BCUT2D eigenvalue weighted by molar-refractivity contribution is 5.82. The van der Waals surface area contributed by atoms with E-state index in [1.165, 1.54) is 7.11 Å². The van der Waals surface area contributed by atoms with Crippen LogP contribution in [0.25, 0.3) is 0 Å². The third-order valence-electron chi connectivity index (χ3n) is 3.52. The van der Waals surface area contributed by atoms with Crippen LogP contribution in [0.4, 0.5) is 5.69 Å². The molecule has 2 rings (SSSR count). The van der Waals surface area contributed by atoms with Crippen molar-refractivity contribution in [1.82, 2.24) is 4.98 Å². The molecule has 0 unspecified atom stereocenters. The highest BCUT2D eigenvalue weighted by atomic mass is 16.5. The summed E-state index contributed by atoms with van der Waals surface area (Å²) in [5.41, 5.74) is 2.41. The molecule has 0 aliphatic heterocycles. The quantitative estimate of drug-likeness (QED) is 0.857. The molecule has 0 saturated heterocycles. The maximum atomic E-state index is 11.8. The fourth-order valence-corrected chi connectivity index (χ4v) is 2.08. The zero-order valence-electron chi connectivity index (χ0n) is 12.6. The maximum absolute atomic E-state index is 11.8. The number of benzene rings is 1. The number of nitrogens with zero attached hydrogens (tertiary/aromatic N) is 1. The maximum Gasteiger partial charge on any atom is 0.315 e. The van der Waals surface area contributed by atoms with Crippen LogP contribution in [0.15, 0.2) is 48.8 Å². The molecular formula is C17H20N2O2. The normalized spacial score (nSPS) is 11.0. The molecule has 4 nitrogen and oxygen atoms in total. The Morgan fingerprint density at radius 2 is 1.95 bits per heavy atom. The number of hydrogen-bond acceptors (Lipinski definition) is 4. The summed E-state index contributed by atoms with van der Waals surface area (Å²) in [7, 11) is 1.41. The molecule has 4 heteroatoms. The Morgan fingerprint density at radius 1 is 1.24 bits per heavy atom. The number of aromatic nitrogens is 1. The summed E-state index contributed by atoms with van der Waals surface area (Å²) in [6, 6.07) is 11.8. The molecule has 0 amide bonds. The number of ether oxygens (including phenoxy) is 1. The van der Waals surface area contributed by atoms with Gasteiger partial charge in [0.25, 0.3) is 0 Å². The van der Waals surface area contributed by atoms with Gasteiger partial charge < -0.3 is 10.1 Å². The second-order valence-corrected chi connectivity index (χ2v) is 5.41. The second-order valence-electron chi connectivity index (χ2n) is 5.41. The second kappa shape index (κ2) is 6.39. The third kappa shape index (κ3) is 3.60. The molecule has 21 heavy (non-hydrogen) atoms. The van der Waals surface area contributed by atoms with E-state index in [2.05, 4.69) is 10.3 Å². The number of carbonyl (C=O) groups excluding carboxylic acids is 1. The molecule has 1 aromatic carbocycles. The lowest BCUT2D eigenvalue weighted by Crippen LogP contribution is -2.30. The summed E-state index contributed by atoms with van der Waals surface area (Å²) in [6.45, 7) is 4.43. The molecule has 1 N–H and O–H groups in total. The largest absolute Gasteiger partial charge is 0.468 e. The Bertz CT molecular complexity index is 592. The average Bonchev–Trinajstić information content (AvgIpc) is 2.53. The first-order valence-corrected chi connectivity index (χ1v) is 6.86. The molecular weight excluding hydrogens is 264 g/mol. The van der Waals surface area contributed by atoms with Crippen LogP contribution < -0.4 is 5.32 Å². The van der Waals surface area contributed by atoms with Crippen LogP contribution in [0.3, 0.4) is 0 Å². The van der Waals surface area contributed by atoms with E-state index in [0.717, 1.165) is 16.8 Å². The van der Waals surface area contributed by atoms with Gasteiger partial charge in [-0.3, -0.25) is 9.78 Å². The topological polar surface area (TPSA) is 51.2 Å². The van der Waals surface area contributed by atoms with Crippen molar-refractivity contribution in [2.45, 2.75) is 25.8 Å². The molecule has 0 fully saturated rings. The molecule has 0 radical (unpaired) electrons. The Morgan fingerprint density at radius 3 is 2.52 bits per heavy atom. The van der Waals surface area contributed by atoms with Crippen molar-refractivity contribution in [3.8, 4) is 0 Å². The summed E-state index contributed by atoms with van der Waals surface area (Å²) in [5.74, 6) is -0.237. The van der Waals surface area contributed by atoms with E-state index in [9.17, 15) is 4.79 Å². The predicted octanol–water partition coefficient (Wildman–Crippen LogP) is 3.14. The van der Waals surface area contributed by atoms with Crippen molar-refractivity contribution in [2.24, 2.45) is 0 Å². The van der Waals surface area contributed by atoms with Gasteiger partial charge in [0.15, 0.2) is 0 Å². The van der Waals surface area contributed by atoms with Crippen molar-refractivity contribution in [2.75, 3.05) is 12.4 Å². The predicted molar refractivity (Wildman–Crippen MR) is 83.0 cm³/mol. The van der Waals surface area contributed by atoms with Gasteiger partial charge in [-0.05, 0) is 43.2 Å². The minimum atomic E-state index is -0.642. The van der Waals surface area contributed by atoms with E-state index in [1.807, 2.05) is 56.4 Å². The Labute approximate surface area is 125 Å². The lowest BCUT2D eigenvalue weighted by molar-refractivity contribution is -0.146. The van der Waals surface area contributed by atoms with Crippen molar-refractivity contribution in [1.29, 1.82) is 0 Å². The van der Waals surface area contributed by atoms with Gasteiger partial charge in [0.2, 0.25) is 0 Å². The minimum absolute atomic E-state index is 0.237. The molecule has 110 valence electrons. The molecule has 0 bridgehead atoms. The van der Waals surface area contributed by atoms with Crippen molar-refractivity contribution >= 4 is 11.7 Å². The lowest BCUT2D eigenvalue weighted by Gasteiger charge is -2.22. The van der Waals surface area contributed by atoms with Crippen LogP contribution in [0.5, 0.6) is 0 Å². The number of nitrogens with one attached hydrogen (secondary N) is 1. The fraction of sp³-hybridized carbons (Fsp3) is 0.294. The van der Waals surface area contributed by atoms with Gasteiger partial charge in [-0.1, -0.05) is 18.2 Å². The van der Waals surface area contributed by atoms with Gasteiger partial charge >= 0.3 is 5.97 Å². The number of anilines is 1. The van der Waals surface area contributed by atoms with E-state index in [0.29, 0.717) is 6.54 Å². The van der Waals surface area contributed by atoms with Gasteiger partial charge in [-0.15, -0.1) is 0 Å². The Hall–Kier alpha value is -2.36. The number of pyridine rings is 1. The van der Waals surface area contributed by atoms with Crippen LogP contribution in [0.2, 0.25) is 0 Å². The summed E-state index contributed by atoms with van der Waals surface area (Å²) >= 11 is 0. The van der Waals surface area contributed by atoms with Crippen molar-refractivity contribution in [3.63, 3.8) is 0 Å². The summed E-state index contributed by atoms with van der Waals surface area (Å²) in [4.78, 5) is 15.9. The van der Waals surface area contributed by atoms with Crippen molar-refractivity contribution < 1.29 is 9.53 Å². The summed E-state index contributed by atoms with van der Waals surface area (Å²) < 4.78 is 4.84. The van der Waals surface area contributed by atoms with Gasteiger partial charge in [-0.25, -0.2) is 0 Å². The molecule has 1 aromatic heterocycles. The molecule has 0 atom stereocenters. The summed E-state index contributed by atoms with van der Waals surface area (Å²) in [5, 5.41) is 3.33. The van der Waals surface area contributed by atoms with Crippen LogP contribution in [-0.2, 0) is 21.5 Å². The fourth-order valence-electron chi connectivity index (χ4n) is 2.08. The van der Waals surface area contributed by atoms with Crippen LogP contribution in [0.1, 0.15) is 25.0 Å². The van der Waals surface area contributed by atoms with Gasteiger partial charge in [0, 0.05) is 24.6 Å². The molecule has 0 saturated carbocycles. The van der Waals surface area contributed by atoms with Gasteiger partial charge in [0.05, 0.1) is 12.5 Å². The third-order valence-corrected chi connectivity index (χ3v) is 3.52. The zero-order chi connectivity index (χ0) is 15.3. The molecule has 0 aliphatic carbocycles. The zero-order valence-corrected chi connectivity index (χ0v) is 12.6. The molecule has 2 aromatic rings. The van der Waals surface area contributed by atoms with Gasteiger partial charge in [0.1, 0.15) is 0 Å². The first-order valence-electron chi connectivity index (χ1n) is 6.86. The first kappa shape index (κ1) is 15.0. The van der Waals surface area contributed by atoms with E-state index in [4.69, 9.17) is 4.74 Å². The molecule has 0 spiro atoms. The van der Waals surface area contributed by atoms with E-state index >= 15 is 0 Å². The minimum Gasteiger partial charge on any atom is -0.468 e.